The summed E-state index contributed by atoms with van der Waals surface area (Å²) in [6.45, 7) is 2.29. The zero-order chi connectivity index (χ0) is 15.5. The van der Waals surface area contributed by atoms with E-state index >= 15 is 0 Å². The number of H-pyrrole nitrogens is 1. The lowest BCUT2D eigenvalue weighted by Crippen LogP contribution is -2.23. The van der Waals surface area contributed by atoms with Gasteiger partial charge in [0.25, 0.3) is 5.91 Å². The highest BCUT2D eigenvalue weighted by atomic mass is 16.1. The number of carbonyl (C=O) groups is 1. The average molecular weight is 292 g/mol. The number of amides is 1. The van der Waals surface area contributed by atoms with Crippen LogP contribution in [0.15, 0.2) is 59.4 Å². The van der Waals surface area contributed by atoms with E-state index in [1.807, 2.05) is 37.3 Å². The highest BCUT2D eigenvalue weighted by Crippen LogP contribution is 2.11. The van der Waals surface area contributed by atoms with E-state index in [0.29, 0.717) is 17.5 Å². The summed E-state index contributed by atoms with van der Waals surface area (Å²) in [4.78, 5) is 27.3. The van der Waals surface area contributed by atoms with Crippen LogP contribution < -0.4 is 10.7 Å². The largest absolute Gasteiger partial charge is 0.358 e. The molecule has 0 fully saturated rings. The van der Waals surface area contributed by atoms with Crippen molar-refractivity contribution in [1.82, 2.24) is 10.3 Å². The van der Waals surface area contributed by atoms with Crippen molar-refractivity contribution < 1.29 is 4.79 Å². The molecule has 0 aliphatic heterocycles. The lowest BCUT2D eigenvalue weighted by molar-refractivity contribution is 0.0951. The maximum atomic E-state index is 12.2. The summed E-state index contributed by atoms with van der Waals surface area (Å²) >= 11 is 0. The number of aryl methyl sites for hydroxylation is 1. The van der Waals surface area contributed by atoms with E-state index in [2.05, 4.69) is 10.3 Å². The first kappa shape index (κ1) is 14.1. The predicted octanol–water partition coefficient (Wildman–Crippen LogP) is 2.77. The minimum atomic E-state index is -0.189. The zero-order valence-corrected chi connectivity index (χ0v) is 12.2. The quantitative estimate of drug-likeness (QED) is 0.779. The normalized spacial score (nSPS) is 10.6. The number of aromatic amines is 1. The fraction of sp³-hybridized carbons (Fsp3) is 0.111. The third kappa shape index (κ3) is 2.91. The van der Waals surface area contributed by atoms with Gasteiger partial charge in [0.1, 0.15) is 0 Å². The van der Waals surface area contributed by atoms with Crippen molar-refractivity contribution >= 4 is 16.8 Å². The molecule has 3 aromatic rings. The van der Waals surface area contributed by atoms with Crippen molar-refractivity contribution in [2.75, 3.05) is 0 Å². The standard InChI is InChI=1S/C18H16N2O2/c1-12-9-17(21)15-10-14(7-8-16(15)20-12)18(22)19-11-13-5-3-2-4-6-13/h2-10H,11H2,1H3,(H,19,22)(H,20,21). The topological polar surface area (TPSA) is 62.0 Å². The van der Waals surface area contributed by atoms with Gasteiger partial charge in [0.15, 0.2) is 5.43 Å². The molecular weight excluding hydrogens is 276 g/mol. The van der Waals surface area contributed by atoms with Crippen molar-refractivity contribution in [1.29, 1.82) is 0 Å². The minimum absolute atomic E-state index is 0.0797. The van der Waals surface area contributed by atoms with Crippen molar-refractivity contribution in [3.63, 3.8) is 0 Å². The molecule has 1 heterocycles. The number of fused-ring (bicyclic) bond motifs is 1. The Bertz CT molecular complexity index is 882. The maximum Gasteiger partial charge on any atom is 0.251 e. The van der Waals surface area contributed by atoms with Crippen LogP contribution in [0.2, 0.25) is 0 Å². The Kier molecular flexibility index (Phi) is 3.74. The highest BCUT2D eigenvalue weighted by Gasteiger charge is 2.08. The van der Waals surface area contributed by atoms with E-state index in [1.165, 1.54) is 6.07 Å². The second-order valence-electron chi connectivity index (χ2n) is 5.25. The van der Waals surface area contributed by atoms with Gasteiger partial charge in [-0.05, 0) is 30.7 Å². The zero-order valence-electron chi connectivity index (χ0n) is 12.2. The van der Waals surface area contributed by atoms with E-state index in [4.69, 9.17) is 0 Å². The Balaban J connectivity index is 1.84. The van der Waals surface area contributed by atoms with Crippen molar-refractivity contribution in [2.45, 2.75) is 13.5 Å². The van der Waals surface area contributed by atoms with E-state index < -0.39 is 0 Å². The molecule has 4 nitrogen and oxygen atoms in total. The molecule has 0 atom stereocenters. The minimum Gasteiger partial charge on any atom is -0.358 e. The Labute approximate surface area is 127 Å². The van der Waals surface area contributed by atoms with Gasteiger partial charge >= 0.3 is 0 Å². The number of rotatable bonds is 3. The van der Waals surface area contributed by atoms with Crippen LogP contribution in [0.5, 0.6) is 0 Å². The van der Waals surface area contributed by atoms with Gasteiger partial charge < -0.3 is 10.3 Å². The van der Waals surface area contributed by atoms with Gasteiger partial charge in [-0.1, -0.05) is 30.3 Å². The molecule has 0 unspecified atom stereocenters. The summed E-state index contributed by atoms with van der Waals surface area (Å²) in [6, 6.07) is 16.4. The maximum absolute atomic E-state index is 12.2. The first-order chi connectivity index (χ1) is 10.6. The molecule has 110 valence electrons. The Hall–Kier alpha value is -2.88. The average Bonchev–Trinajstić information content (AvgIpc) is 2.53. The molecular formula is C18H16N2O2. The second-order valence-corrected chi connectivity index (χ2v) is 5.25. The number of aromatic nitrogens is 1. The van der Waals surface area contributed by atoms with Crippen molar-refractivity contribution in [3.05, 3.63) is 81.6 Å². The fourth-order valence-electron chi connectivity index (χ4n) is 2.40. The van der Waals surface area contributed by atoms with Gasteiger partial charge in [0.2, 0.25) is 0 Å². The molecule has 1 amide bonds. The predicted molar refractivity (Wildman–Crippen MR) is 86.9 cm³/mol. The van der Waals surface area contributed by atoms with Crippen LogP contribution in [0.4, 0.5) is 0 Å². The summed E-state index contributed by atoms with van der Waals surface area (Å²) < 4.78 is 0. The van der Waals surface area contributed by atoms with Crippen LogP contribution in [-0.4, -0.2) is 10.9 Å². The molecule has 0 spiro atoms. The van der Waals surface area contributed by atoms with Gasteiger partial charge in [-0.25, -0.2) is 0 Å². The molecule has 2 N–H and O–H groups in total. The van der Waals surface area contributed by atoms with E-state index in [-0.39, 0.29) is 11.3 Å². The molecule has 2 aromatic carbocycles. The number of hydrogen-bond donors (Lipinski definition) is 2. The number of pyridine rings is 1. The Morgan fingerprint density at radius 1 is 1.09 bits per heavy atom. The molecule has 1 aromatic heterocycles. The summed E-state index contributed by atoms with van der Waals surface area (Å²) in [5.41, 5.74) is 2.98. The molecule has 3 rings (SSSR count). The molecule has 4 heteroatoms. The number of hydrogen-bond acceptors (Lipinski definition) is 2. The van der Waals surface area contributed by atoms with Gasteiger partial charge in [-0.3, -0.25) is 9.59 Å². The summed E-state index contributed by atoms with van der Waals surface area (Å²) in [7, 11) is 0. The third-order valence-corrected chi connectivity index (χ3v) is 3.52. The first-order valence-electron chi connectivity index (χ1n) is 7.09. The third-order valence-electron chi connectivity index (χ3n) is 3.52. The molecule has 0 saturated carbocycles. The molecule has 0 saturated heterocycles. The summed E-state index contributed by atoms with van der Waals surface area (Å²) in [6.07, 6.45) is 0. The van der Waals surface area contributed by atoms with Crippen LogP contribution in [-0.2, 0) is 6.54 Å². The van der Waals surface area contributed by atoms with Gasteiger partial charge in [-0.2, -0.15) is 0 Å². The van der Waals surface area contributed by atoms with Crippen molar-refractivity contribution in [2.24, 2.45) is 0 Å². The van der Waals surface area contributed by atoms with E-state index in [9.17, 15) is 9.59 Å². The second kappa shape index (κ2) is 5.85. The summed E-state index contributed by atoms with van der Waals surface area (Å²) in [5.74, 6) is -0.189. The van der Waals surface area contributed by atoms with Gasteiger partial charge in [-0.15, -0.1) is 0 Å². The van der Waals surface area contributed by atoms with Crippen molar-refractivity contribution in [3.8, 4) is 0 Å². The molecule has 0 radical (unpaired) electrons. The van der Waals surface area contributed by atoms with E-state index in [0.717, 1.165) is 16.8 Å². The fourth-order valence-corrected chi connectivity index (χ4v) is 2.40. The highest BCUT2D eigenvalue weighted by molar-refractivity contribution is 5.97. The molecule has 22 heavy (non-hydrogen) atoms. The Morgan fingerprint density at radius 3 is 2.64 bits per heavy atom. The number of nitrogens with one attached hydrogen (secondary N) is 2. The van der Waals surface area contributed by atoms with Crippen LogP contribution in [0.3, 0.4) is 0 Å². The number of carbonyl (C=O) groups excluding carboxylic acids is 1. The Morgan fingerprint density at radius 2 is 1.86 bits per heavy atom. The van der Waals surface area contributed by atoms with Crippen LogP contribution in [0.25, 0.3) is 10.9 Å². The van der Waals surface area contributed by atoms with E-state index in [1.54, 1.807) is 18.2 Å². The van der Waals surface area contributed by atoms with Crippen LogP contribution in [0, 0.1) is 6.92 Å². The monoisotopic (exact) mass is 292 g/mol. The lowest BCUT2D eigenvalue weighted by atomic mass is 10.1. The molecule has 0 aliphatic carbocycles. The molecule has 0 bridgehead atoms. The molecule has 0 aliphatic rings. The number of benzene rings is 2. The van der Waals surface area contributed by atoms with Crippen LogP contribution in [0.1, 0.15) is 21.6 Å². The SMILES string of the molecule is Cc1cc(=O)c2cc(C(=O)NCc3ccccc3)ccc2[nH]1. The van der Waals surface area contributed by atoms with Gasteiger partial charge in [0, 0.05) is 34.8 Å². The summed E-state index contributed by atoms with van der Waals surface area (Å²) in [5, 5.41) is 3.39. The lowest BCUT2D eigenvalue weighted by Gasteiger charge is -2.07. The smallest absolute Gasteiger partial charge is 0.251 e. The van der Waals surface area contributed by atoms with Gasteiger partial charge in [0.05, 0.1) is 0 Å². The first-order valence-corrected chi connectivity index (χ1v) is 7.09. The van der Waals surface area contributed by atoms with Crippen LogP contribution >= 0.6 is 0 Å².